The number of rotatable bonds is 2. The molecule has 1 aliphatic rings. The van der Waals surface area contributed by atoms with Crippen molar-refractivity contribution in [2.45, 2.75) is 6.92 Å². The van der Waals surface area contributed by atoms with Gasteiger partial charge in [0.05, 0.1) is 6.61 Å². The molecule has 0 saturated carbocycles. The molecule has 0 aliphatic carbocycles. The van der Waals surface area contributed by atoms with E-state index in [0.29, 0.717) is 13.1 Å². The second-order valence-electron chi connectivity index (χ2n) is 2.92. The van der Waals surface area contributed by atoms with Crippen molar-refractivity contribution in [3.05, 3.63) is 35.9 Å². The van der Waals surface area contributed by atoms with Crippen molar-refractivity contribution < 1.29 is 9.53 Å². The van der Waals surface area contributed by atoms with E-state index in [1.54, 1.807) is 6.92 Å². The molecule has 0 fully saturated rings. The second-order valence-corrected chi connectivity index (χ2v) is 2.92. The maximum absolute atomic E-state index is 9.18. The van der Waals surface area contributed by atoms with Crippen LogP contribution in [0.25, 0.3) is 6.08 Å². The van der Waals surface area contributed by atoms with Crippen LogP contribution in [0.1, 0.15) is 12.5 Å². The molecule has 1 aliphatic heterocycles. The summed E-state index contributed by atoms with van der Waals surface area (Å²) < 4.78 is 4.15. The minimum Gasteiger partial charge on any atom is -0.468 e. The molecule has 1 aromatic rings. The molecule has 3 heteroatoms. The monoisotopic (exact) mass is 205 g/mol. The Morgan fingerprint density at radius 1 is 1.47 bits per heavy atom. The minimum absolute atomic E-state index is 0.431. The van der Waals surface area contributed by atoms with Gasteiger partial charge in [-0.1, -0.05) is 30.4 Å². The molecule has 0 spiro atoms. The minimum atomic E-state index is 0.431. The van der Waals surface area contributed by atoms with E-state index in [1.807, 2.05) is 6.07 Å². The zero-order chi connectivity index (χ0) is 10.9. The van der Waals surface area contributed by atoms with E-state index in [-0.39, 0.29) is 0 Å². The highest BCUT2D eigenvalue weighted by molar-refractivity contribution is 5.69. The highest BCUT2D eigenvalue weighted by Crippen LogP contribution is 2.18. The van der Waals surface area contributed by atoms with Crippen LogP contribution in [-0.2, 0) is 9.53 Å². The Kier molecular flexibility index (Phi) is 5.01. The van der Waals surface area contributed by atoms with E-state index in [4.69, 9.17) is 0 Å². The first-order valence-electron chi connectivity index (χ1n) is 4.93. The van der Waals surface area contributed by atoms with Gasteiger partial charge in [0.1, 0.15) is 0 Å². The van der Waals surface area contributed by atoms with Gasteiger partial charge in [-0.2, -0.15) is 0 Å². The Morgan fingerprint density at radius 3 is 2.87 bits per heavy atom. The smallest absolute Gasteiger partial charge is 0.293 e. The fourth-order valence-electron chi connectivity index (χ4n) is 1.23. The van der Waals surface area contributed by atoms with Crippen molar-refractivity contribution in [1.82, 2.24) is 0 Å². The molecule has 0 saturated heterocycles. The molecular weight excluding hydrogens is 190 g/mol. The number of fused-ring (bicyclic) bond motifs is 1. The van der Waals surface area contributed by atoms with E-state index in [1.165, 1.54) is 11.3 Å². The topological polar surface area (TPSA) is 38.3 Å². The quantitative estimate of drug-likeness (QED) is 0.753. The largest absolute Gasteiger partial charge is 0.468 e. The predicted molar refractivity (Wildman–Crippen MR) is 61.7 cm³/mol. The van der Waals surface area contributed by atoms with Gasteiger partial charge in [0.15, 0.2) is 0 Å². The number of anilines is 1. The molecule has 1 aromatic carbocycles. The molecule has 3 nitrogen and oxygen atoms in total. The van der Waals surface area contributed by atoms with Crippen LogP contribution in [-0.4, -0.2) is 19.6 Å². The zero-order valence-corrected chi connectivity index (χ0v) is 8.77. The summed E-state index contributed by atoms with van der Waals surface area (Å²) in [7, 11) is 0. The first kappa shape index (κ1) is 11.3. The highest BCUT2D eigenvalue weighted by atomic mass is 16.5. The van der Waals surface area contributed by atoms with Crippen LogP contribution < -0.4 is 5.32 Å². The van der Waals surface area contributed by atoms with Crippen LogP contribution in [0.3, 0.4) is 0 Å². The number of hydrogen-bond donors (Lipinski definition) is 1. The van der Waals surface area contributed by atoms with Crippen LogP contribution in [0.4, 0.5) is 5.69 Å². The molecule has 0 amide bonds. The van der Waals surface area contributed by atoms with Crippen LogP contribution in [0.5, 0.6) is 0 Å². The lowest BCUT2D eigenvalue weighted by atomic mass is 10.1. The van der Waals surface area contributed by atoms with Gasteiger partial charge in [-0.15, -0.1) is 0 Å². The number of carbonyl (C=O) groups is 1. The SMILES string of the molecule is C1=Cc2ccccc2NC1.CCOC=O. The van der Waals surface area contributed by atoms with Crippen molar-refractivity contribution in [2.24, 2.45) is 0 Å². The molecule has 0 aromatic heterocycles. The Balaban J connectivity index is 0.000000195. The summed E-state index contributed by atoms with van der Waals surface area (Å²) in [6.45, 7) is 3.62. The van der Waals surface area contributed by atoms with Gasteiger partial charge in [-0.05, 0) is 18.6 Å². The van der Waals surface area contributed by atoms with Crippen molar-refractivity contribution in [3.8, 4) is 0 Å². The number of nitrogens with one attached hydrogen (secondary N) is 1. The van der Waals surface area contributed by atoms with E-state index >= 15 is 0 Å². The van der Waals surface area contributed by atoms with E-state index < -0.39 is 0 Å². The first-order chi connectivity index (χ1) is 7.38. The summed E-state index contributed by atoms with van der Waals surface area (Å²) >= 11 is 0. The van der Waals surface area contributed by atoms with Crippen molar-refractivity contribution in [2.75, 3.05) is 18.5 Å². The summed E-state index contributed by atoms with van der Waals surface area (Å²) in [5, 5.41) is 3.28. The maximum atomic E-state index is 9.18. The average Bonchev–Trinajstić information content (AvgIpc) is 2.31. The Bertz CT molecular complexity index is 334. The van der Waals surface area contributed by atoms with Gasteiger partial charge in [-0.25, -0.2) is 0 Å². The average molecular weight is 205 g/mol. The molecule has 1 heterocycles. The summed E-state index contributed by atoms with van der Waals surface area (Å²) in [5.74, 6) is 0. The molecule has 2 rings (SSSR count). The summed E-state index contributed by atoms with van der Waals surface area (Å²) in [6, 6.07) is 8.30. The Morgan fingerprint density at radius 2 is 2.27 bits per heavy atom. The third-order valence-corrected chi connectivity index (χ3v) is 1.90. The third kappa shape index (κ3) is 3.85. The van der Waals surface area contributed by atoms with Gasteiger partial charge in [0.25, 0.3) is 6.47 Å². The molecular formula is C12H15NO2. The van der Waals surface area contributed by atoms with Gasteiger partial charge in [0.2, 0.25) is 0 Å². The number of hydrogen-bond acceptors (Lipinski definition) is 3. The van der Waals surface area contributed by atoms with Gasteiger partial charge in [0, 0.05) is 12.2 Å². The van der Waals surface area contributed by atoms with Crippen LogP contribution in [0.15, 0.2) is 30.3 Å². The van der Waals surface area contributed by atoms with E-state index in [0.717, 1.165) is 6.54 Å². The summed E-state index contributed by atoms with van der Waals surface area (Å²) in [5.41, 5.74) is 2.53. The molecule has 1 N–H and O–H groups in total. The summed E-state index contributed by atoms with van der Waals surface area (Å²) in [4.78, 5) is 9.18. The Labute approximate surface area is 89.8 Å². The molecule has 0 atom stereocenters. The molecule has 0 radical (unpaired) electrons. The number of ether oxygens (including phenoxy) is 1. The predicted octanol–water partition coefficient (Wildman–Crippen LogP) is 2.30. The van der Waals surface area contributed by atoms with Crippen LogP contribution in [0, 0.1) is 0 Å². The van der Waals surface area contributed by atoms with Crippen molar-refractivity contribution >= 4 is 18.2 Å². The van der Waals surface area contributed by atoms with Gasteiger partial charge in [-0.3, -0.25) is 4.79 Å². The van der Waals surface area contributed by atoms with Crippen LogP contribution in [0.2, 0.25) is 0 Å². The fraction of sp³-hybridized carbons (Fsp3) is 0.250. The van der Waals surface area contributed by atoms with Crippen molar-refractivity contribution in [1.29, 1.82) is 0 Å². The highest BCUT2D eigenvalue weighted by Gasteiger charge is 1.98. The normalized spacial score (nSPS) is 11.5. The standard InChI is InChI=1S/C9H9N.C3H6O2/c1-2-6-9-8(4-1)5-3-7-10-9;1-2-5-3-4/h1-6,10H,7H2;3H,2H2,1H3. The van der Waals surface area contributed by atoms with E-state index in [2.05, 4.69) is 40.4 Å². The number of para-hydroxylation sites is 1. The van der Waals surface area contributed by atoms with Gasteiger partial charge >= 0.3 is 0 Å². The molecule has 80 valence electrons. The molecule has 0 unspecified atom stereocenters. The maximum Gasteiger partial charge on any atom is 0.293 e. The lowest BCUT2D eigenvalue weighted by molar-refractivity contribution is -0.128. The van der Waals surface area contributed by atoms with Gasteiger partial charge < -0.3 is 10.1 Å². The molecule has 0 bridgehead atoms. The summed E-state index contributed by atoms with van der Waals surface area (Å²) in [6.07, 6.45) is 4.27. The number of carbonyl (C=O) groups excluding carboxylic acids is 1. The second kappa shape index (κ2) is 6.65. The lowest BCUT2D eigenvalue weighted by Gasteiger charge is -2.11. The van der Waals surface area contributed by atoms with Crippen LogP contribution >= 0.6 is 0 Å². The zero-order valence-electron chi connectivity index (χ0n) is 8.77. The fourth-order valence-corrected chi connectivity index (χ4v) is 1.23. The van der Waals surface area contributed by atoms with Crippen molar-refractivity contribution in [3.63, 3.8) is 0 Å². The lowest BCUT2D eigenvalue weighted by Crippen LogP contribution is -2.03. The first-order valence-corrected chi connectivity index (χ1v) is 4.93. The Hall–Kier alpha value is -1.77. The number of benzene rings is 1. The molecule has 15 heavy (non-hydrogen) atoms. The third-order valence-electron chi connectivity index (χ3n) is 1.90. The van der Waals surface area contributed by atoms with E-state index in [9.17, 15) is 4.79 Å².